The van der Waals surface area contributed by atoms with Crippen molar-refractivity contribution in [2.24, 2.45) is 10.4 Å². The highest BCUT2D eigenvalue weighted by atomic mass is 127. The van der Waals surface area contributed by atoms with Crippen molar-refractivity contribution in [1.29, 1.82) is 0 Å². The zero-order chi connectivity index (χ0) is 16.5. The molecule has 2 N–H and O–H groups in total. The van der Waals surface area contributed by atoms with E-state index in [0.717, 1.165) is 24.5 Å². The van der Waals surface area contributed by atoms with Crippen LogP contribution >= 0.6 is 24.0 Å². The van der Waals surface area contributed by atoms with Gasteiger partial charge in [-0.2, -0.15) is 0 Å². The van der Waals surface area contributed by atoms with E-state index in [4.69, 9.17) is 4.74 Å². The normalized spacial score (nSPS) is 15.9. The molecule has 24 heavy (non-hydrogen) atoms. The third kappa shape index (κ3) is 5.79. The summed E-state index contributed by atoms with van der Waals surface area (Å²) < 4.78 is 5.70. The molecule has 0 bridgehead atoms. The molecule has 1 aliphatic carbocycles. The number of nitrogens with zero attached hydrogens (tertiary/aromatic N) is 2. The summed E-state index contributed by atoms with van der Waals surface area (Å²) in [5.41, 5.74) is 1.53. The van der Waals surface area contributed by atoms with Crippen LogP contribution in [0.1, 0.15) is 51.5 Å². The monoisotopic (exact) mass is 446 g/mol. The van der Waals surface area contributed by atoms with Crippen LogP contribution in [0.4, 0.5) is 0 Å². The molecule has 1 aliphatic rings. The van der Waals surface area contributed by atoms with Gasteiger partial charge in [-0.05, 0) is 37.2 Å². The number of hydrogen-bond acceptors (Lipinski definition) is 3. The Hall–Kier alpha value is -1.05. The number of aliphatic imine (C=N–C) groups is 1. The summed E-state index contributed by atoms with van der Waals surface area (Å²) in [7, 11) is 1.81. The lowest BCUT2D eigenvalue weighted by Gasteiger charge is -2.41. The first-order valence-electron chi connectivity index (χ1n) is 8.74. The van der Waals surface area contributed by atoms with Crippen LogP contribution in [0.2, 0.25) is 0 Å². The second kappa shape index (κ2) is 10.7. The average molecular weight is 446 g/mol. The molecule has 1 heterocycles. The molecule has 2 rings (SSSR count). The van der Waals surface area contributed by atoms with Crippen molar-refractivity contribution in [3.8, 4) is 5.88 Å². The van der Waals surface area contributed by atoms with Gasteiger partial charge >= 0.3 is 0 Å². The lowest BCUT2D eigenvalue weighted by molar-refractivity contribution is 0.131. The largest absolute Gasteiger partial charge is 0.477 e. The van der Waals surface area contributed by atoms with Gasteiger partial charge in [0.1, 0.15) is 0 Å². The fourth-order valence-electron chi connectivity index (χ4n) is 2.89. The number of rotatable bonds is 8. The van der Waals surface area contributed by atoms with Gasteiger partial charge in [0.2, 0.25) is 5.88 Å². The van der Waals surface area contributed by atoms with Crippen molar-refractivity contribution in [3.05, 3.63) is 23.9 Å². The van der Waals surface area contributed by atoms with E-state index in [1.165, 1.54) is 25.7 Å². The van der Waals surface area contributed by atoms with E-state index in [-0.39, 0.29) is 24.0 Å². The van der Waals surface area contributed by atoms with Crippen LogP contribution in [0.25, 0.3) is 0 Å². The predicted octanol–water partition coefficient (Wildman–Crippen LogP) is 3.73. The van der Waals surface area contributed by atoms with Gasteiger partial charge in [0.05, 0.1) is 6.61 Å². The van der Waals surface area contributed by atoms with Crippen molar-refractivity contribution >= 4 is 29.9 Å². The van der Waals surface area contributed by atoms with Crippen molar-refractivity contribution in [2.75, 3.05) is 20.2 Å². The molecular weight excluding hydrogens is 415 g/mol. The molecule has 0 saturated heterocycles. The van der Waals surface area contributed by atoms with Crippen molar-refractivity contribution < 1.29 is 4.74 Å². The maximum Gasteiger partial charge on any atom is 0.218 e. The molecule has 5 nitrogen and oxygen atoms in total. The van der Waals surface area contributed by atoms with Gasteiger partial charge in [0.25, 0.3) is 0 Å². The van der Waals surface area contributed by atoms with Crippen LogP contribution in [0.15, 0.2) is 23.3 Å². The summed E-state index contributed by atoms with van der Waals surface area (Å²) >= 11 is 0. The summed E-state index contributed by atoms with van der Waals surface area (Å²) in [5, 5.41) is 6.84. The third-order valence-electron chi connectivity index (χ3n) is 4.76. The van der Waals surface area contributed by atoms with Gasteiger partial charge < -0.3 is 15.4 Å². The molecule has 0 atom stereocenters. The van der Waals surface area contributed by atoms with Gasteiger partial charge in [-0.25, -0.2) is 4.98 Å². The quantitative estimate of drug-likeness (QED) is 0.363. The molecule has 0 radical (unpaired) electrons. The first kappa shape index (κ1) is 21.0. The molecule has 136 valence electrons. The van der Waals surface area contributed by atoms with Crippen LogP contribution in [0, 0.1) is 5.41 Å². The number of nitrogens with one attached hydrogen (secondary N) is 2. The summed E-state index contributed by atoms with van der Waals surface area (Å²) in [6.45, 7) is 6.72. The zero-order valence-corrected chi connectivity index (χ0v) is 17.4. The van der Waals surface area contributed by atoms with Crippen LogP contribution in [-0.2, 0) is 6.54 Å². The Labute approximate surface area is 163 Å². The fraction of sp³-hybridized carbons (Fsp3) is 0.667. The van der Waals surface area contributed by atoms with E-state index >= 15 is 0 Å². The Kier molecular flexibility index (Phi) is 9.39. The molecule has 1 saturated carbocycles. The number of hydrogen-bond donors (Lipinski definition) is 2. The van der Waals surface area contributed by atoms with Crippen LogP contribution in [0.3, 0.4) is 0 Å². The van der Waals surface area contributed by atoms with Crippen LogP contribution in [0.5, 0.6) is 5.88 Å². The second-order valence-electron chi connectivity index (χ2n) is 6.30. The lowest BCUT2D eigenvalue weighted by Crippen LogP contribution is -2.46. The number of guanidine groups is 1. The molecule has 1 aromatic rings. The molecule has 0 aromatic carbocycles. The molecule has 0 spiro atoms. The number of pyridine rings is 1. The van der Waals surface area contributed by atoms with E-state index in [1.807, 2.05) is 19.2 Å². The van der Waals surface area contributed by atoms with Crippen molar-refractivity contribution in [3.63, 3.8) is 0 Å². The van der Waals surface area contributed by atoms with Gasteiger partial charge in [0, 0.05) is 31.9 Å². The summed E-state index contributed by atoms with van der Waals surface area (Å²) in [5.74, 6) is 1.55. The van der Waals surface area contributed by atoms with E-state index in [2.05, 4.69) is 34.5 Å². The maximum absolute atomic E-state index is 5.70. The Morgan fingerprint density at radius 1 is 1.33 bits per heavy atom. The SMILES string of the molecule is CCCOc1ncccc1CNC(=NC)NCC1(CC)CCC1.I. The first-order chi connectivity index (χ1) is 11.2. The van der Waals surface area contributed by atoms with Gasteiger partial charge in [-0.15, -0.1) is 24.0 Å². The smallest absolute Gasteiger partial charge is 0.218 e. The molecule has 0 amide bonds. The first-order valence-corrected chi connectivity index (χ1v) is 8.74. The highest BCUT2D eigenvalue weighted by Gasteiger charge is 2.34. The van der Waals surface area contributed by atoms with E-state index < -0.39 is 0 Å². The Bertz CT molecular complexity index is 512. The fourth-order valence-corrected chi connectivity index (χ4v) is 2.89. The highest BCUT2D eigenvalue weighted by Crippen LogP contribution is 2.42. The van der Waals surface area contributed by atoms with E-state index in [9.17, 15) is 0 Å². The third-order valence-corrected chi connectivity index (χ3v) is 4.76. The van der Waals surface area contributed by atoms with Gasteiger partial charge in [-0.3, -0.25) is 4.99 Å². The predicted molar refractivity (Wildman–Crippen MR) is 110 cm³/mol. The zero-order valence-electron chi connectivity index (χ0n) is 15.1. The van der Waals surface area contributed by atoms with Crippen molar-refractivity contribution in [1.82, 2.24) is 15.6 Å². The number of halogens is 1. The molecule has 0 aliphatic heterocycles. The Morgan fingerprint density at radius 2 is 2.12 bits per heavy atom. The maximum atomic E-state index is 5.70. The number of aromatic nitrogens is 1. The number of ether oxygens (including phenoxy) is 1. The molecule has 1 fully saturated rings. The van der Waals surface area contributed by atoms with E-state index in [1.54, 1.807) is 6.20 Å². The van der Waals surface area contributed by atoms with Crippen LogP contribution < -0.4 is 15.4 Å². The van der Waals surface area contributed by atoms with Gasteiger partial charge in [0.15, 0.2) is 5.96 Å². The topological polar surface area (TPSA) is 58.5 Å². The molecule has 6 heteroatoms. The van der Waals surface area contributed by atoms with Crippen molar-refractivity contribution in [2.45, 2.75) is 52.5 Å². The summed E-state index contributed by atoms with van der Waals surface area (Å²) in [6.07, 6.45) is 7.98. The Balaban J connectivity index is 0.00000288. The minimum atomic E-state index is 0. The minimum absolute atomic E-state index is 0. The summed E-state index contributed by atoms with van der Waals surface area (Å²) in [4.78, 5) is 8.64. The van der Waals surface area contributed by atoms with E-state index in [0.29, 0.717) is 24.4 Å². The molecule has 0 unspecified atom stereocenters. The van der Waals surface area contributed by atoms with Gasteiger partial charge in [-0.1, -0.05) is 26.3 Å². The second-order valence-corrected chi connectivity index (χ2v) is 6.30. The highest BCUT2D eigenvalue weighted by molar-refractivity contribution is 14.0. The Morgan fingerprint density at radius 3 is 2.71 bits per heavy atom. The average Bonchev–Trinajstić information content (AvgIpc) is 2.55. The molecule has 1 aromatic heterocycles. The molecular formula is C18H31IN4O. The van der Waals surface area contributed by atoms with Crippen LogP contribution in [-0.4, -0.2) is 31.1 Å². The standard InChI is InChI=1S/C18H30N4O.HI/c1-4-12-23-16-15(8-6-11-20-16)13-21-17(19-3)22-14-18(5-2)9-7-10-18;/h6,8,11H,4-5,7,9-10,12-14H2,1-3H3,(H2,19,21,22);1H. The summed E-state index contributed by atoms with van der Waals surface area (Å²) in [6, 6.07) is 3.98. The lowest BCUT2D eigenvalue weighted by atomic mass is 9.67. The minimum Gasteiger partial charge on any atom is -0.477 e.